The van der Waals surface area contributed by atoms with E-state index in [0.717, 1.165) is 19.4 Å². The molecule has 0 bridgehead atoms. The van der Waals surface area contributed by atoms with Gasteiger partial charge in [0.15, 0.2) is 0 Å². The number of hydrogen-bond donors (Lipinski definition) is 0. The van der Waals surface area contributed by atoms with Crippen molar-refractivity contribution in [2.75, 3.05) is 13.1 Å². The van der Waals surface area contributed by atoms with Gasteiger partial charge in [0.25, 0.3) is 0 Å². The van der Waals surface area contributed by atoms with E-state index in [1.807, 2.05) is 4.90 Å². The van der Waals surface area contributed by atoms with Crippen molar-refractivity contribution in [1.82, 2.24) is 4.90 Å². The van der Waals surface area contributed by atoms with Gasteiger partial charge in [-0.3, -0.25) is 4.79 Å². The molecule has 1 fully saturated rings. The summed E-state index contributed by atoms with van der Waals surface area (Å²) in [5.41, 5.74) is 0. The highest BCUT2D eigenvalue weighted by Gasteiger charge is 2.33. The standard InChI is InChI=1S/C11H18N2O/c1-9(2)8-13(7-3-6-12)11(14)10-4-5-10/h9-10H,3-5,7-8H2,1-2H3. The van der Waals surface area contributed by atoms with Crippen molar-refractivity contribution in [1.29, 1.82) is 5.26 Å². The molecule has 0 atom stereocenters. The summed E-state index contributed by atoms with van der Waals surface area (Å²) in [5.74, 6) is 1.01. The molecule has 14 heavy (non-hydrogen) atoms. The minimum Gasteiger partial charge on any atom is -0.341 e. The first-order chi connectivity index (χ1) is 6.65. The van der Waals surface area contributed by atoms with E-state index in [1.165, 1.54) is 0 Å². The third kappa shape index (κ3) is 3.37. The maximum absolute atomic E-state index is 11.8. The second kappa shape index (κ2) is 4.99. The van der Waals surface area contributed by atoms with Gasteiger partial charge < -0.3 is 4.90 Å². The van der Waals surface area contributed by atoms with Gasteiger partial charge in [0.1, 0.15) is 0 Å². The summed E-state index contributed by atoms with van der Waals surface area (Å²) in [4.78, 5) is 13.6. The molecule has 1 aliphatic rings. The van der Waals surface area contributed by atoms with Gasteiger partial charge >= 0.3 is 0 Å². The Balaban J connectivity index is 2.42. The summed E-state index contributed by atoms with van der Waals surface area (Å²) < 4.78 is 0. The van der Waals surface area contributed by atoms with Gasteiger partial charge in [0, 0.05) is 19.0 Å². The number of carbonyl (C=O) groups excluding carboxylic acids is 1. The predicted molar refractivity (Wildman–Crippen MR) is 54.4 cm³/mol. The average Bonchev–Trinajstić information content (AvgIpc) is 2.93. The highest BCUT2D eigenvalue weighted by Crippen LogP contribution is 2.31. The molecule has 1 amide bonds. The van der Waals surface area contributed by atoms with Crippen LogP contribution in [0.1, 0.15) is 33.1 Å². The van der Waals surface area contributed by atoms with Crippen molar-refractivity contribution >= 4 is 5.91 Å². The summed E-state index contributed by atoms with van der Waals surface area (Å²) in [6, 6.07) is 2.09. The molecule has 0 aliphatic heterocycles. The van der Waals surface area contributed by atoms with E-state index in [9.17, 15) is 4.79 Å². The average molecular weight is 194 g/mol. The Bertz CT molecular complexity index is 238. The van der Waals surface area contributed by atoms with E-state index < -0.39 is 0 Å². The second-order valence-corrected chi connectivity index (χ2v) is 4.36. The summed E-state index contributed by atoms with van der Waals surface area (Å²) >= 11 is 0. The maximum Gasteiger partial charge on any atom is 0.225 e. The third-order valence-corrected chi connectivity index (χ3v) is 2.32. The van der Waals surface area contributed by atoms with Gasteiger partial charge in [-0.2, -0.15) is 5.26 Å². The maximum atomic E-state index is 11.8. The Labute approximate surface area is 85.7 Å². The van der Waals surface area contributed by atoms with Crippen LogP contribution in [0.15, 0.2) is 0 Å². The van der Waals surface area contributed by atoms with Gasteiger partial charge in [-0.05, 0) is 18.8 Å². The van der Waals surface area contributed by atoms with Crippen molar-refractivity contribution in [2.45, 2.75) is 33.1 Å². The molecule has 1 aliphatic carbocycles. The first-order valence-corrected chi connectivity index (χ1v) is 5.31. The van der Waals surface area contributed by atoms with E-state index in [-0.39, 0.29) is 11.8 Å². The van der Waals surface area contributed by atoms with Crippen LogP contribution in [0, 0.1) is 23.2 Å². The van der Waals surface area contributed by atoms with Crippen molar-refractivity contribution in [3.05, 3.63) is 0 Å². The Morgan fingerprint density at radius 3 is 2.64 bits per heavy atom. The van der Waals surface area contributed by atoms with Crippen molar-refractivity contribution in [2.24, 2.45) is 11.8 Å². The lowest BCUT2D eigenvalue weighted by Crippen LogP contribution is -2.36. The predicted octanol–water partition coefficient (Wildman–Crippen LogP) is 1.79. The third-order valence-electron chi connectivity index (χ3n) is 2.32. The van der Waals surface area contributed by atoms with Crippen LogP contribution in [-0.2, 0) is 4.79 Å². The normalized spacial score (nSPS) is 15.3. The summed E-state index contributed by atoms with van der Waals surface area (Å²) in [6.45, 7) is 5.58. The Morgan fingerprint density at radius 2 is 2.21 bits per heavy atom. The molecule has 0 heterocycles. The van der Waals surface area contributed by atoms with E-state index in [1.54, 1.807) is 0 Å². The second-order valence-electron chi connectivity index (χ2n) is 4.36. The van der Waals surface area contributed by atoms with Gasteiger partial charge in [0.2, 0.25) is 5.91 Å². The van der Waals surface area contributed by atoms with Crippen LogP contribution < -0.4 is 0 Å². The molecule has 0 N–H and O–H groups in total. The summed E-state index contributed by atoms with van der Waals surface area (Å²) in [6.07, 6.45) is 2.53. The fourth-order valence-corrected chi connectivity index (χ4v) is 1.51. The van der Waals surface area contributed by atoms with Crippen LogP contribution in [0.5, 0.6) is 0 Å². The van der Waals surface area contributed by atoms with E-state index in [2.05, 4.69) is 19.9 Å². The van der Waals surface area contributed by atoms with Crippen LogP contribution >= 0.6 is 0 Å². The van der Waals surface area contributed by atoms with Gasteiger partial charge in [-0.15, -0.1) is 0 Å². The number of carbonyl (C=O) groups is 1. The van der Waals surface area contributed by atoms with Crippen LogP contribution in [0.2, 0.25) is 0 Å². The van der Waals surface area contributed by atoms with Gasteiger partial charge in [-0.1, -0.05) is 13.8 Å². The van der Waals surface area contributed by atoms with Crippen LogP contribution in [0.4, 0.5) is 0 Å². The zero-order valence-electron chi connectivity index (χ0n) is 8.99. The van der Waals surface area contributed by atoms with Crippen LogP contribution in [-0.4, -0.2) is 23.9 Å². The number of nitrogens with zero attached hydrogens (tertiary/aromatic N) is 2. The lowest BCUT2D eigenvalue weighted by Gasteiger charge is -2.23. The molecular formula is C11H18N2O. The van der Waals surface area contributed by atoms with Gasteiger partial charge in [0.05, 0.1) is 12.5 Å². The highest BCUT2D eigenvalue weighted by molar-refractivity contribution is 5.81. The Morgan fingerprint density at radius 1 is 1.57 bits per heavy atom. The number of amides is 1. The van der Waals surface area contributed by atoms with E-state index in [0.29, 0.717) is 18.9 Å². The van der Waals surface area contributed by atoms with Gasteiger partial charge in [-0.25, -0.2) is 0 Å². The van der Waals surface area contributed by atoms with E-state index in [4.69, 9.17) is 5.26 Å². The Hall–Kier alpha value is -1.04. The number of nitriles is 1. The fraction of sp³-hybridized carbons (Fsp3) is 0.818. The number of rotatable bonds is 5. The smallest absolute Gasteiger partial charge is 0.225 e. The largest absolute Gasteiger partial charge is 0.341 e. The molecule has 1 rings (SSSR count). The van der Waals surface area contributed by atoms with Crippen molar-refractivity contribution in [3.8, 4) is 6.07 Å². The quantitative estimate of drug-likeness (QED) is 0.669. The molecule has 0 spiro atoms. The molecule has 3 nitrogen and oxygen atoms in total. The van der Waals surface area contributed by atoms with Crippen molar-refractivity contribution in [3.63, 3.8) is 0 Å². The minimum absolute atomic E-state index is 0.258. The fourth-order valence-electron chi connectivity index (χ4n) is 1.51. The van der Waals surface area contributed by atoms with Crippen molar-refractivity contribution < 1.29 is 4.79 Å². The first kappa shape index (κ1) is 11.0. The SMILES string of the molecule is CC(C)CN(CCC#N)C(=O)C1CC1. The Kier molecular flexibility index (Phi) is 3.94. The monoisotopic (exact) mass is 194 g/mol. The molecule has 0 aromatic heterocycles. The summed E-state index contributed by atoms with van der Waals surface area (Å²) in [7, 11) is 0. The molecule has 0 saturated heterocycles. The highest BCUT2D eigenvalue weighted by atomic mass is 16.2. The molecule has 0 aromatic carbocycles. The topological polar surface area (TPSA) is 44.1 Å². The molecule has 1 saturated carbocycles. The molecule has 3 heteroatoms. The molecule has 0 unspecified atom stereocenters. The molecule has 0 aromatic rings. The molecule has 0 radical (unpaired) electrons. The van der Waals surface area contributed by atoms with Crippen LogP contribution in [0.3, 0.4) is 0 Å². The van der Waals surface area contributed by atoms with Crippen LogP contribution in [0.25, 0.3) is 0 Å². The molecule has 78 valence electrons. The lowest BCUT2D eigenvalue weighted by atomic mass is 10.2. The van der Waals surface area contributed by atoms with E-state index >= 15 is 0 Å². The lowest BCUT2D eigenvalue weighted by molar-refractivity contribution is -0.133. The number of hydrogen-bond acceptors (Lipinski definition) is 2. The first-order valence-electron chi connectivity index (χ1n) is 5.31. The minimum atomic E-state index is 0.258. The zero-order valence-corrected chi connectivity index (χ0v) is 8.99. The summed E-state index contributed by atoms with van der Waals surface area (Å²) in [5, 5.41) is 8.50. The molecular weight excluding hydrogens is 176 g/mol. The zero-order chi connectivity index (χ0) is 10.6.